The Bertz CT molecular complexity index is 1170. The lowest BCUT2D eigenvalue weighted by molar-refractivity contribution is -0.139. The van der Waals surface area contributed by atoms with Gasteiger partial charge in [0, 0.05) is 63.9 Å². The fourth-order valence-corrected chi connectivity index (χ4v) is 5.06. The number of nitrogens with one attached hydrogen (secondary N) is 3. The smallest absolute Gasteiger partial charge is 0.317 e. The molecule has 0 saturated carbocycles. The van der Waals surface area contributed by atoms with Crippen LogP contribution in [0.1, 0.15) is 35.7 Å². The Balaban J connectivity index is 1.90. The van der Waals surface area contributed by atoms with E-state index in [1.165, 1.54) is 4.90 Å². The number of likely N-dealkylation sites (N-methyl/N-ethyl adjacent to an activating group) is 1. The molecule has 1 aliphatic heterocycles. The molecule has 0 spiro atoms. The van der Waals surface area contributed by atoms with Crippen molar-refractivity contribution < 1.29 is 44.0 Å². The monoisotopic (exact) mass is 660 g/mol. The molecule has 0 aliphatic carbocycles. The first-order valence-corrected chi connectivity index (χ1v) is 15.7. The molecule has 1 radical (unpaired) electrons. The van der Waals surface area contributed by atoms with Crippen LogP contribution in [-0.2, 0) is 30.5 Å². The molecule has 1 aromatic carbocycles. The zero-order valence-electron chi connectivity index (χ0n) is 26.9. The van der Waals surface area contributed by atoms with Gasteiger partial charge in [-0.15, -0.1) is 0 Å². The van der Waals surface area contributed by atoms with Crippen molar-refractivity contribution >= 4 is 43.4 Å². The second-order valence-corrected chi connectivity index (χ2v) is 11.2. The zero-order chi connectivity index (χ0) is 34.6. The third-order valence-electron chi connectivity index (χ3n) is 7.75. The van der Waals surface area contributed by atoms with E-state index in [1.807, 2.05) is 16.7 Å². The highest BCUT2D eigenvalue weighted by molar-refractivity contribution is 6.28. The van der Waals surface area contributed by atoms with Crippen LogP contribution in [0.2, 0.25) is 0 Å². The summed E-state index contributed by atoms with van der Waals surface area (Å²) in [7, 11) is 1.00. The molecule has 2 rings (SSSR count). The Labute approximate surface area is 275 Å². The van der Waals surface area contributed by atoms with Crippen molar-refractivity contribution in [3.8, 4) is 0 Å². The maximum Gasteiger partial charge on any atom is 0.317 e. The summed E-state index contributed by atoms with van der Waals surface area (Å²) in [5.74, 6) is -3.32. The minimum Gasteiger partial charge on any atom is -0.480 e. The zero-order valence-corrected chi connectivity index (χ0v) is 26.9. The van der Waals surface area contributed by atoms with E-state index < -0.39 is 17.8 Å². The average molecular weight is 661 g/mol. The second kappa shape index (κ2) is 21.8. The number of carbonyl (C=O) groups excluding carboxylic acids is 4. The fourth-order valence-electron chi connectivity index (χ4n) is 5.06. The molecule has 259 valence electrons. The molecule has 1 heterocycles. The van der Waals surface area contributed by atoms with Gasteiger partial charge in [0.15, 0.2) is 0 Å². The van der Waals surface area contributed by atoms with Crippen LogP contribution in [0.25, 0.3) is 0 Å². The van der Waals surface area contributed by atoms with Gasteiger partial charge in [-0.25, -0.2) is 0 Å². The van der Waals surface area contributed by atoms with Gasteiger partial charge in [0.25, 0.3) is 5.91 Å². The first-order valence-electron chi connectivity index (χ1n) is 15.7. The van der Waals surface area contributed by atoms with E-state index in [1.54, 1.807) is 29.2 Å². The van der Waals surface area contributed by atoms with Gasteiger partial charge in [0.1, 0.15) is 6.29 Å². The lowest BCUT2D eigenvalue weighted by Gasteiger charge is -2.28. The van der Waals surface area contributed by atoms with Crippen molar-refractivity contribution in [2.75, 3.05) is 85.1 Å². The molecule has 1 aliphatic rings. The summed E-state index contributed by atoms with van der Waals surface area (Å²) < 4.78 is 0. The molecule has 0 unspecified atom stereocenters. The van der Waals surface area contributed by atoms with Gasteiger partial charge >= 0.3 is 19.4 Å². The lowest BCUT2D eigenvalue weighted by atomic mass is 9.86. The van der Waals surface area contributed by atoms with Crippen LogP contribution in [0.3, 0.4) is 0 Å². The Morgan fingerprint density at radius 1 is 0.915 bits per heavy atom. The summed E-state index contributed by atoms with van der Waals surface area (Å²) in [6.07, 6.45) is 2.29. The molecule has 0 aromatic heterocycles. The van der Waals surface area contributed by atoms with Gasteiger partial charge < -0.3 is 40.9 Å². The molecule has 1 saturated heterocycles. The van der Waals surface area contributed by atoms with E-state index in [2.05, 4.69) is 16.0 Å². The van der Waals surface area contributed by atoms with Gasteiger partial charge in [-0.05, 0) is 37.1 Å². The Morgan fingerprint density at radius 3 is 2.17 bits per heavy atom. The molecule has 3 amide bonds. The topological polar surface area (TPSA) is 212 Å². The van der Waals surface area contributed by atoms with Crippen molar-refractivity contribution in [1.82, 2.24) is 35.6 Å². The van der Waals surface area contributed by atoms with Crippen LogP contribution in [-0.4, -0.2) is 169 Å². The lowest BCUT2D eigenvalue weighted by Crippen LogP contribution is -2.46. The van der Waals surface area contributed by atoms with Gasteiger partial charge in [0.2, 0.25) is 11.8 Å². The van der Waals surface area contributed by atoms with E-state index >= 15 is 0 Å². The van der Waals surface area contributed by atoms with Crippen molar-refractivity contribution in [3.63, 3.8) is 0 Å². The van der Waals surface area contributed by atoms with Crippen molar-refractivity contribution in [2.24, 2.45) is 0 Å². The molecule has 47 heavy (non-hydrogen) atoms. The van der Waals surface area contributed by atoms with E-state index in [9.17, 15) is 38.9 Å². The van der Waals surface area contributed by atoms with Gasteiger partial charge in [-0.3, -0.25) is 38.7 Å². The Morgan fingerprint density at radius 2 is 1.57 bits per heavy atom. The Kier molecular flexibility index (Phi) is 18.2. The van der Waals surface area contributed by atoms with Gasteiger partial charge in [-0.2, -0.15) is 0 Å². The van der Waals surface area contributed by atoms with E-state index in [0.717, 1.165) is 25.8 Å². The van der Waals surface area contributed by atoms with Crippen LogP contribution in [0.4, 0.5) is 0 Å². The molecular formula is C30H47BN7O9. The van der Waals surface area contributed by atoms with E-state index in [4.69, 9.17) is 5.11 Å². The van der Waals surface area contributed by atoms with Crippen molar-refractivity contribution in [1.29, 1.82) is 0 Å². The highest BCUT2D eigenvalue weighted by Crippen LogP contribution is 2.15. The highest BCUT2D eigenvalue weighted by Gasteiger charge is 2.29. The largest absolute Gasteiger partial charge is 0.480 e. The average Bonchev–Trinajstić information content (AvgIpc) is 3.54. The summed E-state index contributed by atoms with van der Waals surface area (Å²) in [5.41, 5.74) is 1.10. The van der Waals surface area contributed by atoms with Crippen LogP contribution in [0, 0.1) is 0 Å². The number of rotatable bonds is 24. The van der Waals surface area contributed by atoms with Crippen molar-refractivity contribution in [3.05, 3.63) is 35.4 Å². The van der Waals surface area contributed by atoms with Gasteiger partial charge in [0.05, 0.1) is 32.7 Å². The summed E-state index contributed by atoms with van der Waals surface area (Å²) in [6, 6.07) is 6.60. The summed E-state index contributed by atoms with van der Waals surface area (Å²) in [4.78, 5) is 78.0. The predicted octanol–water partition coefficient (Wildman–Crippen LogP) is -2.52. The molecular weight excluding hydrogens is 613 g/mol. The highest BCUT2D eigenvalue weighted by atomic mass is 16.4. The number of likely N-dealkylation sites (tertiary alicyclic amines) is 1. The minimum atomic E-state index is -1.02. The molecule has 1 fully saturated rings. The molecule has 1 atom stereocenters. The molecule has 6 N–H and O–H groups in total. The molecule has 17 heteroatoms. The number of hydrogen-bond donors (Lipinski definition) is 6. The van der Waals surface area contributed by atoms with Crippen LogP contribution in [0.15, 0.2) is 24.3 Å². The third-order valence-corrected chi connectivity index (χ3v) is 7.75. The number of aliphatic carboxylic acids is 2. The Hall–Kier alpha value is -3.90. The SMILES string of the molecule is CCN(CC=O)CCN(CCN(CCNCC(=O)O)CC(=O)O)CC(=O)NCc1ccc(C(=O)NCC(=O)N2CCC[C@H]2[B]O)cc1. The number of amides is 3. The quantitative estimate of drug-likeness (QED) is 0.0384. The molecule has 16 nitrogen and oxygen atoms in total. The maximum atomic E-state index is 12.9. The number of hydrogen-bond acceptors (Lipinski definition) is 11. The third kappa shape index (κ3) is 15.5. The van der Waals surface area contributed by atoms with Crippen LogP contribution < -0.4 is 16.0 Å². The number of carbonyl (C=O) groups is 6. The molecule has 1 aromatic rings. The van der Waals surface area contributed by atoms with E-state index in [-0.39, 0.29) is 63.6 Å². The predicted molar refractivity (Wildman–Crippen MR) is 173 cm³/mol. The standard InChI is InChI=1S/C30H47BN7O9/c1-2-35(16-17-39)12-13-37(15-14-36(22-29(44)45)11-9-32-20-28(42)43)21-26(40)33-18-23-5-7-24(8-6-23)30(46)34-19-27(41)38-10-3-4-25(38)31-47/h5-8,17,25,32,47H,2-4,9-16,18-22H2,1H3,(H,33,40)(H,34,46)(H,42,43)(H,44,45)/t25-/m0/s1. The first-order chi connectivity index (χ1) is 22.6. The number of aldehydes is 1. The first kappa shape index (κ1) is 39.3. The summed E-state index contributed by atoms with van der Waals surface area (Å²) >= 11 is 0. The van der Waals surface area contributed by atoms with Crippen molar-refractivity contribution in [2.45, 2.75) is 32.3 Å². The number of nitrogens with zero attached hydrogens (tertiary/aromatic N) is 4. The minimum absolute atomic E-state index is 0.0251. The fraction of sp³-hybridized carbons (Fsp3) is 0.600. The maximum absolute atomic E-state index is 12.9. The van der Waals surface area contributed by atoms with Crippen LogP contribution >= 0.6 is 0 Å². The normalized spacial score (nSPS) is 14.4. The summed E-state index contributed by atoms with van der Waals surface area (Å²) in [5, 5.41) is 35.6. The second-order valence-electron chi connectivity index (χ2n) is 11.2. The van der Waals surface area contributed by atoms with Crippen LogP contribution in [0.5, 0.6) is 0 Å². The van der Waals surface area contributed by atoms with Gasteiger partial charge in [-0.1, -0.05) is 19.1 Å². The number of carboxylic acid groups (broad SMARTS) is 2. The molecule has 0 bridgehead atoms. The van der Waals surface area contributed by atoms with E-state index in [0.29, 0.717) is 57.8 Å². The summed E-state index contributed by atoms with van der Waals surface area (Å²) in [6.45, 7) is 5.16. The number of carboxylic acids is 2. The number of benzene rings is 1.